The summed E-state index contributed by atoms with van der Waals surface area (Å²) in [4.78, 5) is 39.8. The molecule has 3 aromatic rings. The summed E-state index contributed by atoms with van der Waals surface area (Å²) < 4.78 is 10.6. The second-order valence-electron chi connectivity index (χ2n) is 8.69. The van der Waals surface area contributed by atoms with Gasteiger partial charge in [-0.1, -0.05) is 60.1 Å². The summed E-state index contributed by atoms with van der Waals surface area (Å²) in [5.74, 6) is -0.724. The summed E-state index contributed by atoms with van der Waals surface area (Å²) in [7, 11) is 1.27. The smallest absolute Gasteiger partial charge is 0.340 e. The Morgan fingerprint density at radius 2 is 1.74 bits per heavy atom. The summed E-state index contributed by atoms with van der Waals surface area (Å²) in [5.41, 5.74) is 3.06. The molecule has 1 heterocycles. The molecule has 0 radical (unpaired) electrons. The molecule has 7 nitrogen and oxygen atoms in total. The second kappa shape index (κ2) is 11.8. The highest BCUT2D eigenvalue weighted by Gasteiger charge is 2.37. The first-order valence-corrected chi connectivity index (χ1v) is 12.3. The molecule has 0 aromatic heterocycles. The fourth-order valence-corrected chi connectivity index (χ4v) is 4.37. The average molecular weight is 531 g/mol. The number of anilines is 1. The molecule has 1 aliphatic heterocycles. The third-order valence-corrected chi connectivity index (χ3v) is 6.33. The highest BCUT2D eigenvalue weighted by molar-refractivity contribution is 6.31. The Hall–Kier alpha value is -4.36. The minimum absolute atomic E-state index is 0.140. The molecule has 3 aromatic carbocycles. The van der Waals surface area contributed by atoms with E-state index in [2.05, 4.69) is 5.32 Å². The Labute approximate surface area is 226 Å². The Bertz CT molecular complexity index is 1410. The number of ether oxygens (including phenoxy) is 2. The molecular formula is C30H27ClN2O5. The summed E-state index contributed by atoms with van der Waals surface area (Å²) in [6.45, 7) is 3.46. The molecule has 1 aliphatic rings. The van der Waals surface area contributed by atoms with Crippen molar-refractivity contribution in [1.29, 1.82) is 0 Å². The third kappa shape index (κ3) is 5.95. The Morgan fingerprint density at radius 1 is 1.03 bits per heavy atom. The van der Waals surface area contributed by atoms with Gasteiger partial charge in [0.15, 0.2) is 6.61 Å². The first-order valence-electron chi connectivity index (χ1n) is 12.0. The Morgan fingerprint density at radius 3 is 2.39 bits per heavy atom. The van der Waals surface area contributed by atoms with Gasteiger partial charge in [-0.05, 0) is 61.4 Å². The van der Waals surface area contributed by atoms with E-state index in [1.54, 1.807) is 61.5 Å². The predicted octanol–water partition coefficient (Wildman–Crippen LogP) is 5.47. The van der Waals surface area contributed by atoms with Gasteiger partial charge in [-0.3, -0.25) is 14.5 Å². The number of esters is 1. The molecule has 0 saturated carbocycles. The lowest BCUT2D eigenvalue weighted by molar-refractivity contribution is -0.136. The molecule has 0 unspecified atom stereocenters. The summed E-state index contributed by atoms with van der Waals surface area (Å²) in [6, 6.07) is 23.2. The second-order valence-corrected chi connectivity index (χ2v) is 9.12. The van der Waals surface area contributed by atoms with Crippen LogP contribution in [0.5, 0.6) is 5.75 Å². The standard InChI is InChI=1S/C30H27ClN2O5/c1-19(22-8-5-4-6-9-22)32-27(34)18-38-25-14-12-21(13-15-25)16-26-28(30(36)37-3)20(2)33(29(26)35)24-11-7-10-23(31)17-24/h4-17,19H,18H2,1-3H3,(H,32,34)/b26-16-/t19-/m0/s1. The van der Waals surface area contributed by atoms with Crippen LogP contribution in [0.1, 0.15) is 31.0 Å². The average Bonchev–Trinajstić information content (AvgIpc) is 3.17. The zero-order valence-corrected chi connectivity index (χ0v) is 22.0. The number of benzene rings is 3. The van der Waals surface area contributed by atoms with E-state index in [1.165, 1.54) is 12.0 Å². The third-order valence-electron chi connectivity index (χ3n) is 6.09. The van der Waals surface area contributed by atoms with Crippen molar-refractivity contribution in [3.8, 4) is 5.75 Å². The van der Waals surface area contributed by atoms with Crippen LogP contribution >= 0.6 is 11.6 Å². The first kappa shape index (κ1) is 26.7. The monoisotopic (exact) mass is 530 g/mol. The zero-order chi connectivity index (χ0) is 27.2. The quantitative estimate of drug-likeness (QED) is 0.308. The van der Waals surface area contributed by atoms with Crippen LogP contribution in [0, 0.1) is 0 Å². The number of halogens is 1. The molecule has 38 heavy (non-hydrogen) atoms. The van der Waals surface area contributed by atoms with E-state index in [4.69, 9.17) is 21.1 Å². The van der Waals surface area contributed by atoms with Crippen LogP contribution in [0.2, 0.25) is 5.02 Å². The number of methoxy groups -OCH3 is 1. The van der Waals surface area contributed by atoms with Gasteiger partial charge in [0.05, 0.1) is 30.0 Å². The van der Waals surface area contributed by atoms with Crippen LogP contribution in [-0.2, 0) is 19.1 Å². The number of allylic oxidation sites excluding steroid dienone is 1. The van der Waals surface area contributed by atoms with Gasteiger partial charge in [-0.25, -0.2) is 4.79 Å². The fourth-order valence-electron chi connectivity index (χ4n) is 4.19. The molecule has 1 N–H and O–H groups in total. The number of nitrogens with zero attached hydrogens (tertiary/aromatic N) is 1. The zero-order valence-electron chi connectivity index (χ0n) is 21.2. The number of rotatable bonds is 8. The van der Waals surface area contributed by atoms with Crippen molar-refractivity contribution in [2.75, 3.05) is 18.6 Å². The van der Waals surface area contributed by atoms with Crippen LogP contribution in [0.3, 0.4) is 0 Å². The van der Waals surface area contributed by atoms with E-state index in [0.29, 0.717) is 27.7 Å². The normalized spacial score (nSPS) is 15.0. The van der Waals surface area contributed by atoms with Gasteiger partial charge in [0.1, 0.15) is 5.75 Å². The summed E-state index contributed by atoms with van der Waals surface area (Å²) >= 11 is 6.13. The van der Waals surface area contributed by atoms with Crippen LogP contribution in [0.15, 0.2) is 95.7 Å². The summed E-state index contributed by atoms with van der Waals surface area (Å²) in [5, 5.41) is 3.38. The minimum Gasteiger partial charge on any atom is -0.484 e. The van der Waals surface area contributed by atoms with Gasteiger partial charge >= 0.3 is 5.97 Å². The molecule has 2 amide bonds. The van der Waals surface area contributed by atoms with Crippen LogP contribution in [0.25, 0.3) is 6.08 Å². The molecule has 1 atom stereocenters. The number of nitrogens with one attached hydrogen (secondary N) is 1. The molecular weight excluding hydrogens is 504 g/mol. The van der Waals surface area contributed by atoms with E-state index >= 15 is 0 Å². The van der Waals surface area contributed by atoms with Crippen molar-refractivity contribution in [3.05, 3.63) is 112 Å². The predicted molar refractivity (Wildman–Crippen MR) is 147 cm³/mol. The van der Waals surface area contributed by atoms with Gasteiger partial charge in [-0.15, -0.1) is 0 Å². The van der Waals surface area contributed by atoms with Crippen molar-refractivity contribution in [1.82, 2.24) is 5.32 Å². The SMILES string of the molecule is COC(=O)C1=C(C)N(c2cccc(Cl)c2)C(=O)/C1=C\c1ccc(OCC(=O)N[C@@H](C)c2ccccc2)cc1. The van der Waals surface area contributed by atoms with Crippen LogP contribution in [-0.4, -0.2) is 31.5 Å². The lowest BCUT2D eigenvalue weighted by atomic mass is 10.0. The van der Waals surface area contributed by atoms with Gasteiger partial charge in [-0.2, -0.15) is 0 Å². The number of hydrogen-bond acceptors (Lipinski definition) is 5. The number of hydrogen-bond donors (Lipinski definition) is 1. The van der Waals surface area contributed by atoms with Gasteiger partial charge in [0.2, 0.25) is 0 Å². The molecule has 0 aliphatic carbocycles. The maximum Gasteiger partial charge on any atom is 0.340 e. The van der Waals surface area contributed by atoms with Gasteiger partial charge in [0.25, 0.3) is 11.8 Å². The number of carbonyl (C=O) groups excluding carboxylic acids is 3. The van der Waals surface area contributed by atoms with Crippen molar-refractivity contribution >= 4 is 41.1 Å². The van der Waals surface area contributed by atoms with E-state index in [9.17, 15) is 14.4 Å². The Balaban J connectivity index is 1.47. The van der Waals surface area contributed by atoms with Crippen molar-refractivity contribution in [3.63, 3.8) is 0 Å². The largest absolute Gasteiger partial charge is 0.484 e. The molecule has 0 saturated heterocycles. The lowest BCUT2D eigenvalue weighted by Gasteiger charge is -2.18. The maximum absolute atomic E-state index is 13.4. The van der Waals surface area contributed by atoms with Crippen molar-refractivity contribution < 1.29 is 23.9 Å². The van der Waals surface area contributed by atoms with Gasteiger partial charge in [0, 0.05) is 10.7 Å². The molecule has 8 heteroatoms. The topological polar surface area (TPSA) is 84.9 Å². The highest BCUT2D eigenvalue weighted by Crippen LogP contribution is 2.36. The molecule has 0 spiro atoms. The van der Waals surface area contributed by atoms with E-state index in [0.717, 1.165) is 5.56 Å². The Kier molecular flexibility index (Phi) is 8.28. The maximum atomic E-state index is 13.4. The van der Waals surface area contributed by atoms with Crippen molar-refractivity contribution in [2.24, 2.45) is 0 Å². The van der Waals surface area contributed by atoms with E-state index < -0.39 is 5.97 Å². The van der Waals surface area contributed by atoms with E-state index in [-0.39, 0.29) is 35.6 Å². The van der Waals surface area contributed by atoms with Gasteiger partial charge < -0.3 is 14.8 Å². The van der Waals surface area contributed by atoms with E-state index in [1.807, 2.05) is 37.3 Å². The minimum atomic E-state index is -0.609. The van der Waals surface area contributed by atoms with Crippen LogP contribution < -0.4 is 15.0 Å². The number of amides is 2. The summed E-state index contributed by atoms with van der Waals surface area (Å²) in [6.07, 6.45) is 1.63. The first-order chi connectivity index (χ1) is 18.3. The molecule has 194 valence electrons. The van der Waals surface area contributed by atoms with Crippen molar-refractivity contribution in [2.45, 2.75) is 19.9 Å². The highest BCUT2D eigenvalue weighted by atomic mass is 35.5. The van der Waals surface area contributed by atoms with Crippen LogP contribution in [0.4, 0.5) is 5.69 Å². The fraction of sp³-hybridized carbons (Fsp3) is 0.167. The lowest BCUT2D eigenvalue weighted by Crippen LogP contribution is -2.31. The number of carbonyl (C=O) groups is 3. The molecule has 0 fully saturated rings. The molecule has 0 bridgehead atoms. The molecule has 4 rings (SSSR count).